The van der Waals surface area contributed by atoms with Crippen LogP contribution in [-0.2, 0) is 19.4 Å². The lowest BCUT2D eigenvalue weighted by Gasteiger charge is -2.25. The zero-order valence-corrected chi connectivity index (χ0v) is 29.2. The maximum atomic E-state index is 14.1. The Morgan fingerprint density at radius 1 is 0.960 bits per heavy atom. The number of amides is 1. The molecule has 0 saturated carbocycles. The minimum Gasteiger partial charge on any atom is -0.490 e. The second kappa shape index (κ2) is 16.6. The monoisotopic (exact) mass is 718 g/mol. The summed E-state index contributed by atoms with van der Waals surface area (Å²) in [5, 5.41) is 14.6. The first-order valence-electron chi connectivity index (χ1n) is 15.6. The smallest absolute Gasteiger partial charge is 0.490 e. The molecule has 2 atom stereocenters. The molecule has 5 N–H and O–H groups in total. The van der Waals surface area contributed by atoms with Crippen LogP contribution in [0.5, 0.6) is 11.5 Å². The van der Waals surface area contributed by atoms with E-state index < -0.39 is 39.3 Å². The molecule has 11 nitrogen and oxygen atoms in total. The molecular formula is C35H41F3N4O7S. The molecule has 0 fully saturated rings. The van der Waals surface area contributed by atoms with Gasteiger partial charge in [-0.1, -0.05) is 24.3 Å². The number of hydrogen-bond acceptors (Lipinski definition) is 9. The van der Waals surface area contributed by atoms with Gasteiger partial charge >= 0.3 is 12.1 Å². The van der Waals surface area contributed by atoms with Gasteiger partial charge in [0, 0.05) is 17.3 Å². The van der Waals surface area contributed by atoms with Crippen molar-refractivity contribution in [3.63, 3.8) is 0 Å². The first-order chi connectivity index (χ1) is 23.4. The van der Waals surface area contributed by atoms with Crippen molar-refractivity contribution in [3.05, 3.63) is 84.1 Å². The summed E-state index contributed by atoms with van der Waals surface area (Å²) in [7, 11) is -3.57. The molecule has 0 radical (unpaired) electrons. The molecule has 50 heavy (non-hydrogen) atoms. The third-order valence-electron chi connectivity index (χ3n) is 7.25. The maximum absolute atomic E-state index is 14.1. The van der Waals surface area contributed by atoms with E-state index in [-0.39, 0.29) is 16.9 Å². The number of ether oxygens (including phenoxy) is 2. The van der Waals surface area contributed by atoms with Crippen molar-refractivity contribution < 1.29 is 45.8 Å². The first kappa shape index (κ1) is 39.4. The number of nitrogens with zero attached hydrogens (tertiary/aromatic N) is 1. The Labute approximate surface area is 288 Å². The minimum absolute atomic E-state index is 0.117. The number of nitrogens with one attached hydrogen (secondary N) is 2. The highest BCUT2D eigenvalue weighted by molar-refractivity contribution is 7.92. The number of aliphatic carboxylic acids is 1. The van der Waals surface area contributed by atoms with Crippen molar-refractivity contribution in [1.82, 2.24) is 10.3 Å². The molecule has 3 aromatic carbocycles. The van der Waals surface area contributed by atoms with E-state index in [9.17, 15) is 26.4 Å². The number of carbonyl (C=O) groups excluding carboxylic acids is 1. The number of aromatic nitrogens is 1. The second-order valence-electron chi connectivity index (χ2n) is 11.7. The SMILES string of the molecule is CCOc1ccc(C(Nc2ccc3c(N)nccc3c2)C(=O)NC(C)c2ccccc2S(=O)(=O)C(C)C)cc1OC(C)C.O=C(O)C(F)(F)F. The van der Waals surface area contributed by atoms with Crippen molar-refractivity contribution in [3.8, 4) is 11.5 Å². The summed E-state index contributed by atoms with van der Waals surface area (Å²) in [6.45, 7) is 11.3. The fraction of sp³-hybridized carbons (Fsp3) is 0.343. The zero-order chi connectivity index (χ0) is 37.4. The fourth-order valence-electron chi connectivity index (χ4n) is 4.81. The van der Waals surface area contributed by atoms with Crippen molar-refractivity contribution in [2.75, 3.05) is 17.7 Å². The predicted molar refractivity (Wildman–Crippen MR) is 185 cm³/mol. The molecule has 4 rings (SSSR count). The van der Waals surface area contributed by atoms with Crippen molar-refractivity contribution in [2.24, 2.45) is 0 Å². The van der Waals surface area contributed by atoms with Gasteiger partial charge in [-0.05, 0) is 101 Å². The molecule has 0 spiro atoms. The first-order valence-corrected chi connectivity index (χ1v) is 17.2. The average Bonchev–Trinajstić information content (AvgIpc) is 3.04. The number of carbonyl (C=O) groups is 2. The highest BCUT2D eigenvalue weighted by Crippen LogP contribution is 2.34. The molecule has 1 heterocycles. The van der Waals surface area contributed by atoms with Gasteiger partial charge in [-0.25, -0.2) is 18.2 Å². The lowest BCUT2D eigenvalue weighted by molar-refractivity contribution is -0.192. The molecule has 0 aliphatic heterocycles. The number of carboxylic acids is 1. The van der Waals surface area contributed by atoms with E-state index in [0.29, 0.717) is 40.7 Å². The van der Waals surface area contributed by atoms with Gasteiger partial charge in [0.25, 0.3) is 0 Å². The molecule has 2 unspecified atom stereocenters. The van der Waals surface area contributed by atoms with E-state index in [1.165, 1.54) is 0 Å². The fourth-order valence-corrected chi connectivity index (χ4v) is 6.16. The number of sulfone groups is 1. The predicted octanol–water partition coefficient (Wildman–Crippen LogP) is 6.85. The maximum Gasteiger partial charge on any atom is 0.490 e. The molecule has 0 aliphatic carbocycles. The van der Waals surface area contributed by atoms with Crippen molar-refractivity contribution >= 4 is 44.0 Å². The lowest BCUT2D eigenvalue weighted by atomic mass is 10.0. The third-order valence-corrected chi connectivity index (χ3v) is 9.47. The second-order valence-corrected chi connectivity index (χ2v) is 14.2. The van der Waals surface area contributed by atoms with Gasteiger partial charge in [0.1, 0.15) is 11.9 Å². The Balaban J connectivity index is 0.000000872. The highest BCUT2D eigenvalue weighted by atomic mass is 32.2. The number of fused-ring (bicyclic) bond motifs is 1. The zero-order valence-electron chi connectivity index (χ0n) is 28.4. The summed E-state index contributed by atoms with van der Waals surface area (Å²) < 4.78 is 69.8. The molecule has 4 aromatic rings. The summed E-state index contributed by atoms with van der Waals surface area (Å²) in [6.07, 6.45) is -3.56. The lowest BCUT2D eigenvalue weighted by Crippen LogP contribution is -2.36. The van der Waals surface area contributed by atoms with Gasteiger partial charge in [0.05, 0.1) is 28.9 Å². The van der Waals surface area contributed by atoms with Crippen LogP contribution in [0.3, 0.4) is 0 Å². The van der Waals surface area contributed by atoms with Crippen LogP contribution in [0.15, 0.2) is 77.8 Å². The number of alkyl halides is 3. The Hall–Kier alpha value is -5.05. The number of nitrogen functional groups attached to an aromatic ring is 1. The average molecular weight is 719 g/mol. The van der Waals surface area contributed by atoms with Crippen LogP contribution in [0.4, 0.5) is 24.7 Å². The van der Waals surface area contributed by atoms with Crippen LogP contribution in [0.25, 0.3) is 10.8 Å². The number of nitrogens with two attached hydrogens (primary N) is 1. The normalized spacial score (nSPS) is 12.9. The van der Waals surface area contributed by atoms with Crippen LogP contribution >= 0.6 is 0 Å². The number of anilines is 2. The van der Waals surface area contributed by atoms with Gasteiger partial charge in [-0.2, -0.15) is 13.2 Å². The van der Waals surface area contributed by atoms with Gasteiger partial charge < -0.3 is 30.9 Å². The number of benzene rings is 3. The van der Waals surface area contributed by atoms with Crippen LogP contribution in [0.2, 0.25) is 0 Å². The summed E-state index contributed by atoms with van der Waals surface area (Å²) in [6, 6.07) is 18.2. The molecule has 0 aliphatic rings. The van der Waals surface area contributed by atoms with Gasteiger partial charge in [0.15, 0.2) is 21.3 Å². The van der Waals surface area contributed by atoms with Gasteiger partial charge in [0.2, 0.25) is 5.91 Å². The molecular weight excluding hydrogens is 677 g/mol. The Bertz CT molecular complexity index is 1920. The molecule has 0 bridgehead atoms. The standard InChI is InChI=1S/C33H40N4O5S.C2HF3O2/c1-7-41-28-15-12-24(19-29(28)42-20(2)3)31(37-25-13-14-27-23(18-25)16-17-35-32(27)34)33(38)36-22(6)26-10-8-9-11-30(26)43(39,40)21(4)5;3-2(4,5)1(6)7/h8-22,31,37H,7H2,1-6H3,(H2,34,35)(H,36,38);(H,6,7). The molecule has 1 aromatic heterocycles. The summed E-state index contributed by atoms with van der Waals surface area (Å²) in [4.78, 5) is 27.3. The Kier molecular flexibility index (Phi) is 13.1. The van der Waals surface area contributed by atoms with E-state index in [4.69, 9.17) is 25.1 Å². The number of carboxylic acid groups (broad SMARTS) is 1. The summed E-state index contributed by atoms with van der Waals surface area (Å²) >= 11 is 0. The summed E-state index contributed by atoms with van der Waals surface area (Å²) in [5.74, 6) is -1.59. The minimum atomic E-state index is -5.08. The van der Waals surface area contributed by atoms with E-state index in [2.05, 4.69) is 15.6 Å². The number of rotatable bonds is 12. The Morgan fingerprint density at radius 3 is 2.22 bits per heavy atom. The molecule has 1 amide bonds. The van der Waals surface area contributed by atoms with Crippen LogP contribution in [-0.4, -0.2) is 54.5 Å². The van der Waals surface area contributed by atoms with E-state index in [1.807, 2.05) is 51.1 Å². The van der Waals surface area contributed by atoms with Gasteiger partial charge in [-0.3, -0.25) is 4.79 Å². The number of pyridine rings is 1. The topological polar surface area (TPSA) is 170 Å². The molecule has 0 saturated heterocycles. The Morgan fingerprint density at radius 2 is 1.62 bits per heavy atom. The van der Waals surface area contributed by atoms with Crippen LogP contribution in [0.1, 0.15) is 64.8 Å². The largest absolute Gasteiger partial charge is 0.490 e. The van der Waals surface area contributed by atoms with E-state index >= 15 is 0 Å². The van der Waals surface area contributed by atoms with Crippen LogP contribution < -0.4 is 25.8 Å². The third kappa shape index (κ3) is 10.00. The highest BCUT2D eigenvalue weighted by Gasteiger charge is 2.38. The molecule has 15 heteroatoms. The number of hydrogen-bond donors (Lipinski definition) is 4. The summed E-state index contributed by atoms with van der Waals surface area (Å²) in [5.41, 5.74) is 7.90. The van der Waals surface area contributed by atoms with Crippen molar-refractivity contribution in [1.29, 1.82) is 0 Å². The molecule has 270 valence electrons. The van der Waals surface area contributed by atoms with Gasteiger partial charge in [-0.15, -0.1) is 0 Å². The van der Waals surface area contributed by atoms with Crippen molar-refractivity contribution in [2.45, 2.75) is 76.1 Å². The number of halogens is 3. The van der Waals surface area contributed by atoms with E-state index in [0.717, 1.165) is 10.8 Å². The van der Waals surface area contributed by atoms with Crippen LogP contribution in [0, 0.1) is 0 Å². The van der Waals surface area contributed by atoms with E-state index in [1.54, 1.807) is 63.4 Å². The quantitative estimate of drug-likeness (QED) is 0.122.